The highest BCUT2D eigenvalue weighted by atomic mass is 32.2. The molecule has 3 aromatic rings. The van der Waals surface area contributed by atoms with Crippen LogP contribution >= 0.6 is 23.1 Å². The Kier molecular flexibility index (Phi) is 7.51. The molecule has 1 aliphatic rings. The van der Waals surface area contributed by atoms with Crippen molar-refractivity contribution >= 4 is 39.1 Å². The van der Waals surface area contributed by atoms with Crippen LogP contribution in [0.3, 0.4) is 0 Å². The molecule has 6 nitrogen and oxygen atoms in total. The summed E-state index contributed by atoms with van der Waals surface area (Å²) in [5.74, 6) is -0.621. The van der Waals surface area contributed by atoms with Gasteiger partial charge in [0.25, 0.3) is 5.56 Å². The number of carbonyl (C=O) groups is 1. The quantitative estimate of drug-likeness (QED) is 0.252. The van der Waals surface area contributed by atoms with E-state index in [1.165, 1.54) is 41.4 Å². The standard InChI is InChI=1S/C24H28FN3O3S2/c1-27(2)11-6-12-28-23(30)21-16-7-4-5-8-20(16)33-22(21)26-24(28)32-14-18(29)15-9-10-19(31-3)17(25)13-15/h9-10,13H,4-8,11-12,14H2,1-3H3. The van der Waals surface area contributed by atoms with Crippen LogP contribution < -0.4 is 10.3 Å². The Hall–Kier alpha value is -2.23. The van der Waals surface area contributed by atoms with Gasteiger partial charge in [0.2, 0.25) is 0 Å². The second-order valence-electron chi connectivity index (χ2n) is 8.46. The van der Waals surface area contributed by atoms with Gasteiger partial charge in [0.1, 0.15) is 4.83 Å². The number of rotatable bonds is 9. The fourth-order valence-corrected chi connectivity index (χ4v) is 6.35. The van der Waals surface area contributed by atoms with Crippen molar-refractivity contribution in [2.75, 3.05) is 33.5 Å². The van der Waals surface area contributed by atoms with Crippen molar-refractivity contribution in [1.82, 2.24) is 14.5 Å². The number of aryl methyl sites for hydroxylation is 2. The maximum Gasteiger partial charge on any atom is 0.263 e. The minimum absolute atomic E-state index is 0.0106. The summed E-state index contributed by atoms with van der Waals surface area (Å²) in [4.78, 5) is 35.2. The highest BCUT2D eigenvalue weighted by Gasteiger charge is 2.23. The fraction of sp³-hybridized carbons (Fsp3) is 0.458. The number of hydrogen-bond donors (Lipinski definition) is 0. The first kappa shape index (κ1) is 23.9. The van der Waals surface area contributed by atoms with Crippen LogP contribution in [0.4, 0.5) is 4.39 Å². The average Bonchev–Trinajstić information content (AvgIpc) is 3.17. The molecular weight excluding hydrogens is 461 g/mol. The molecule has 0 spiro atoms. The van der Waals surface area contributed by atoms with E-state index in [-0.39, 0.29) is 28.4 Å². The molecule has 0 bridgehead atoms. The summed E-state index contributed by atoms with van der Waals surface area (Å²) in [6, 6.07) is 4.19. The lowest BCUT2D eigenvalue weighted by Crippen LogP contribution is -2.26. The maximum atomic E-state index is 14.0. The number of Topliss-reactive ketones (excluding diaryl/α,β-unsaturated/α-hetero) is 1. The van der Waals surface area contributed by atoms with E-state index in [2.05, 4.69) is 4.90 Å². The molecule has 0 atom stereocenters. The minimum atomic E-state index is -0.572. The van der Waals surface area contributed by atoms with Crippen LogP contribution in [0.15, 0.2) is 28.2 Å². The number of nitrogens with zero attached hydrogens (tertiary/aromatic N) is 3. The Labute approximate surface area is 200 Å². The minimum Gasteiger partial charge on any atom is -0.494 e. The second kappa shape index (κ2) is 10.4. The number of fused-ring (bicyclic) bond motifs is 3. The average molecular weight is 490 g/mol. The summed E-state index contributed by atoms with van der Waals surface area (Å²) in [6.07, 6.45) is 4.98. The van der Waals surface area contributed by atoms with Gasteiger partial charge in [-0.2, -0.15) is 0 Å². The van der Waals surface area contributed by atoms with Crippen LogP contribution in [0.1, 0.15) is 40.1 Å². The lowest BCUT2D eigenvalue weighted by Gasteiger charge is -2.15. The van der Waals surface area contributed by atoms with Crippen LogP contribution in [0.5, 0.6) is 5.75 Å². The van der Waals surface area contributed by atoms with Crippen molar-refractivity contribution in [3.05, 3.63) is 50.4 Å². The molecule has 176 valence electrons. The molecule has 0 amide bonds. The molecule has 0 saturated carbocycles. The van der Waals surface area contributed by atoms with Crippen molar-refractivity contribution in [3.8, 4) is 5.75 Å². The number of aromatic nitrogens is 2. The zero-order valence-electron chi connectivity index (χ0n) is 19.1. The third-order valence-corrected chi connectivity index (χ3v) is 8.00. The molecule has 0 saturated heterocycles. The van der Waals surface area contributed by atoms with Gasteiger partial charge < -0.3 is 9.64 Å². The lowest BCUT2D eigenvalue weighted by atomic mass is 9.97. The van der Waals surface area contributed by atoms with Crippen molar-refractivity contribution in [1.29, 1.82) is 0 Å². The Bertz CT molecular complexity index is 1240. The van der Waals surface area contributed by atoms with E-state index in [1.54, 1.807) is 22.0 Å². The van der Waals surface area contributed by atoms with Gasteiger partial charge in [-0.3, -0.25) is 14.2 Å². The van der Waals surface area contributed by atoms with Crippen LogP contribution in [0.25, 0.3) is 10.2 Å². The van der Waals surface area contributed by atoms with Crippen LogP contribution in [0, 0.1) is 5.82 Å². The number of methoxy groups -OCH3 is 1. The summed E-state index contributed by atoms with van der Waals surface area (Å²) >= 11 is 2.85. The van der Waals surface area contributed by atoms with E-state index < -0.39 is 5.82 Å². The fourth-order valence-electron chi connectivity index (χ4n) is 4.13. The SMILES string of the molecule is COc1ccc(C(=O)CSc2nc3sc4c(c3c(=O)n2CCCN(C)C)CCCC4)cc1F. The number of thiophene rings is 1. The summed E-state index contributed by atoms with van der Waals surface area (Å²) in [5.41, 5.74) is 1.43. The number of carbonyl (C=O) groups excluding carboxylic acids is 1. The third-order valence-electron chi connectivity index (χ3n) is 5.83. The predicted octanol–water partition coefficient (Wildman–Crippen LogP) is 4.41. The van der Waals surface area contributed by atoms with Crippen LogP contribution in [-0.2, 0) is 19.4 Å². The maximum absolute atomic E-state index is 14.0. The molecule has 2 heterocycles. The molecular formula is C24H28FN3O3S2. The number of ketones is 1. The normalized spacial score (nSPS) is 13.5. The van der Waals surface area contributed by atoms with E-state index in [1.807, 2.05) is 14.1 Å². The van der Waals surface area contributed by atoms with Crippen LogP contribution in [-0.4, -0.2) is 53.7 Å². The molecule has 33 heavy (non-hydrogen) atoms. The molecule has 0 radical (unpaired) electrons. The highest BCUT2D eigenvalue weighted by molar-refractivity contribution is 7.99. The van der Waals surface area contributed by atoms with E-state index in [9.17, 15) is 14.0 Å². The zero-order valence-corrected chi connectivity index (χ0v) is 20.8. The van der Waals surface area contributed by atoms with E-state index in [4.69, 9.17) is 9.72 Å². The first-order valence-electron chi connectivity index (χ1n) is 11.1. The molecule has 0 aliphatic heterocycles. The van der Waals surface area contributed by atoms with Gasteiger partial charge in [-0.25, -0.2) is 9.37 Å². The number of ether oxygens (including phenoxy) is 1. The van der Waals surface area contributed by atoms with Gasteiger partial charge in [0.05, 0.1) is 18.2 Å². The van der Waals surface area contributed by atoms with Gasteiger partial charge >= 0.3 is 0 Å². The van der Waals surface area contributed by atoms with Gasteiger partial charge in [0, 0.05) is 17.0 Å². The van der Waals surface area contributed by atoms with Crippen molar-refractivity contribution in [2.24, 2.45) is 0 Å². The van der Waals surface area contributed by atoms with E-state index in [0.717, 1.165) is 48.9 Å². The van der Waals surface area contributed by atoms with Gasteiger partial charge in [-0.1, -0.05) is 11.8 Å². The van der Waals surface area contributed by atoms with Gasteiger partial charge in [0.15, 0.2) is 22.5 Å². The molecule has 2 aromatic heterocycles. The lowest BCUT2D eigenvalue weighted by molar-refractivity contribution is 0.102. The topological polar surface area (TPSA) is 64.4 Å². The number of thioether (sulfide) groups is 1. The summed E-state index contributed by atoms with van der Waals surface area (Å²) < 4.78 is 20.7. The Morgan fingerprint density at radius 1 is 1.30 bits per heavy atom. The first-order chi connectivity index (χ1) is 15.9. The molecule has 4 rings (SSSR count). The number of hydrogen-bond acceptors (Lipinski definition) is 7. The highest BCUT2D eigenvalue weighted by Crippen LogP contribution is 2.35. The number of halogens is 1. The second-order valence-corrected chi connectivity index (χ2v) is 10.5. The van der Waals surface area contributed by atoms with Gasteiger partial charge in [-0.05, 0) is 76.5 Å². The van der Waals surface area contributed by atoms with E-state index in [0.29, 0.717) is 11.7 Å². The Morgan fingerprint density at radius 2 is 2.09 bits per heavy atom. The molecule has 0 N–H and O–H groups in total. The monoisotopic (exact) mass is 489 g/mol. The summed E-state index contributed by atoms with van der Waals surface area (Å²) in [6.45, 7) is 1.39. The Balaban J connectivity index is 1.64. The Morgan fingerprint density at radius 3 is 2.82 bits per heavy atom. The summed E-state index contributed by atoms with van der Waals surface area (Å²) in [5, 5.41) is 1.31. The molecule has 1 aliphatic carbocycles. The van der Waals surface area contributed by atoms with Crippen molar-refractivity contribution in [3.63, 3.8) is 0 Å². The number of benzene rings is 1. The third kappa shape index (κ3) is 5.15. The van der Waals surface area contributed by atoms with Crippen molar-refractivity contribution in [2.45, 2.75) is 43.8 Å². The zero-order chi connectivity index (χ0) is 23.5. The first-order valence-corrected chi connectivity index (χ1v) is 12.9. The molecule has 9 heteroatoms. The smallest absolute Gasteiger partial charge is 0.263 e. The van der Waals surface area contributed by atoms with Crippen LogP contribution in [0.2, 0.25) is 0 Å². The van der Waals surface area contributed by atoms with E-state index >= 15 is 0 Å². The molecule has 1 aromatic carbocycles. The largest absolute Gasteiger partial charge is 0.494 e. The molecule has 0 unspecified atom stereocenters. The summed E-state index contributed by atoms with van der Waals surface area (Å²) in [7, 11) is 5.39. The van der Waals surface area contributed by atoms with Gasteiger partial charge in [-0.15, -0.1) is 11.3 Å². The van der Waals surface area contributed by atoms with Crippen molar-refractivity contribution < 1.29 is 13.9 Å². The predicted molar refractivity (Wildman–Crippen MR) is 132 cm³/mol. The molecule has 0 fully saturated rings.